The molecular weight excluding hydrogens is 290 g/mol. The molecule has 0 aliphatic carbocycles. The molecule has 0 saturated carbocycles. The highest BCUT2D eigenvalue weighted by molar-refractivity contribution is 7.89. The van der Waals surface area contributed by atoms with Gasteiger partial charge < -0.3 is 15.4 Å². The van der Waals surface area contributed by atoms with Gasteiger partial charge in [-0.25, -0.2) is 12.7 Å². The predicted octanol–water partition coefficient (Wildman–Crippen LogP) is 1.24. The molecule has 0 bridgehead atoms. The summed E-state index contributed by atoms with van der Waals surface area (Å²) in [7, 11) is 3.39. The molecule has 0 aliphatic heterocycles. The lowest BCUT2D eigenvalue weighted by atomic mass is 10.1. The molecule has 0 aliphatic rings. The largest absolute Gasteiger partial charge is 0.489 e. The van der Waals surface area contributed by atoms with Gasteiger partial charge >= 0.3 is 0 Å². The first-order chi connectivity index (χ1) is 9.48. The molecular formula is C14H25N3O3S. The molecule has 1 aromatic rings. The standard InChI is InChI=1S/C14H25N3O3S/c1-14(2,16(3)4)10-20-13-9-11(7-8-12(13)15)21(18,19)17(5)6/h7-9H,10,15H2,1-6H3. The fourth-order valence-corrected chi connectivity index (χ4v) is 2.31. The summed E-state index contributed by atoms with van der Waals surface area (Å²) >= 11 is 0. The lowest BCUT2D eigenvalue weighted by molar-refractivity contribution is 0.114. The molecule has 0 saturated heterocycles. The maximum atomic E-state index is 12.1. The van der Waals surface area contributed by atoms with E-state index in [1.807, 2.05) is 32.8 Å². The molecule has 120 valence electrons. The molecule has 1 aromatic carbocycles. The van der Waals surface area contributed by atoms with Crippen molar-refractivity contribution in [2.75, 3.05) is 40.5 Å². The van der Waals surface area contributed by atoms with Gasteiger partial charge in [-0.15, -0.1) is 0 Å². The van der Waals surface area contributed by atoms with Crippen LogP contribution >= 0.6 is 0 Å². The first-order valence-electron chi connectivity index (χ1n) is 6.61. The van der Waals surface area contributed by atoms with Gasteiger partial charge in [0, 0.05) is 25.7 Å². The van der Waals surface area contributed by atoms with E-state index in [4.69, 9.17) is 10.5 Å². The number of nitrogens with two attached hydrogens (primary N) is 1. The number of sulfonamides is 1. The molecule has 0 heterocycles. The average Bonchev–Trinajstić information content (AvgIpc) is 2.37. The van der Waals surface area contributed by atoms with Crippen LogP contribution in [0.25, 0.3) is 0 Å². The molecule has 0 unspecified atom stereocenters. The molecule has 0 fully saturated rings. The first kappa shape index (κ1) is 17.7. The van der Waals surface area contributed by atoms with Crippen LogP contribution in [0.3, 0.4) is 0 Å². The average molecular weight is 315 g/mol. The summed E-state index contributed by atoms with van der Waals surface area (Å²) in [4.78, 5) is 2.20. The number of likely N-dealkylation sites (N-methyl/N-ethyl adjacent to an activating group) is 1. The molecule has 0 amide bonds. The van der Waals surface area contributed by atoms with Crippen molar-refractivity contribution in [2.45, 2.75) is 24.3 Å². The van der Waals surface area contributed by atoms with Gasteiger partial charge in [0.05, 0.1) is 10.6 Å². The molecule has 0 aromatic heterocycles. The van der Waals surface area contributed by atoms with Gasteiger partial charge in [-0.2, -0.15) is 0 Å². The van der Waals surface area contributed by atoms with E-state index in [0.29, 0.717) is 18.0 Å². The molecule has 0 atom stereocenters. The van der Waals surface area contributed by atoms with E-state index in [1.165, 1.54) is 26.2 Å². The van der Waals surface area contributed by atoms with Crippen molar-refractivity contribution < 1.29 is 13.2 Å². The molecule has 6 nitrogen and oxygen atoms in total. The summed E-state index contributed by atoms with van der Waals surface area (Å²) in [5.41, 5.74) is 6.09. The van der Waals surface area contributed by atoms with Crippen LogP contribution in [-0.2, 0) is 10.0 Å². The number of ether oxygens (including phenoxy) is 1. The molecule has 7 heteroatoms. The van der Waals surface area contributed by atoms with Gasteiger partial charge in [0.25, 0.3) is 0 Å². The number of nitrogen functional groups attached to an aromatic ring is 1. The second kappa shape index (κ2) is 6.21. The highest BCUT2D eigenvalue weighted by Gasteiger charge is 2.23. The number of anilines is 1. The van der Waals surface area contributed by atoms with Crippen LogP contribution in [0.1, 0.15) is 13.8 Å². The maximum absolute atomic E-state index is 12.1. The van der Waals surface area contributed by atoms with Gasteiger partial charge in [-0.1, -0.05) is 0 Å². The fraction of sp³-hybridized carbons (Fsp3) is 0.571. The van der Waals surface area contributed by atoms with E-state index in [9.17, 15) is 8.42 Å². The fourth-order valence-electron chi connectivity index (χ4n) is 1.39. The molecule has 0 radical (unpaired) electrons. The highest BCUT2D eigenvalue weighted by atomic mass is 32.2. The Morgan fingerprint density at radius 3 is 2.24 bits per heavy atom. The Morgan fingerprint density at radius 1 is 1.19 bits per heavy atom. The van der Waals surface area contributed by atoms with Crippen molar-refractivity contribution in [3.63, 3.8) is 0 Å². The van der Waals surface area contributed by atoms with E-state index in [1.54, 1.807) is 6.07 Å². The minimum atomic E-state index is -3.50. The normalized spacial score (nSPS) is 13.0. The Hall–Kier alpha value is -1.31. The van der Waals surface area contributed by atoms with Crippen molar-refractivity contribution in [1.29, 1.82) is 0 Å². The summed E-state index contributed by atoms with van der Waals surface area (Å²) in [6.07, 6.45) is 0. The van der Waals surface area contributed by atoms with Crippen molar-refractivity contribution >= 4 is 15.7 Å². The minimum absolute atomic E-state index is 0.166. The quantitative estimate of drug-likeness (QED) is 0.799. The smallest absolute Gasteiger partial charge is 0.242 e. The van der Waals surface area contributed by atoms with Gasteiger partial charge in [0.1, 0.15) is 12.4 Å². The predicted molar refractivity (Wildman–Crippen MR) is 85.0 cm³/mol. The van der Waals surface area contributed by atoms with Crippen molar-refractivity contribution in [3.8, 4) is 5.75 Å². The molecule has 1 rings (SSSR count). The van der Waals surface area contributed by atoms with Crippen LogP contribution in [0.4, 0.5) is 5.69 Å². The Bertz CT molecular complexity index is 595. The maximum Gasteiger partial charge on any atom is 0.242 e. The lowest BCUT2D eigenvalue weighted by Crippen LogP contribution is -2.43. The lowest BCUT2D eigenvalue weighted by Gasteiger charge is -2.32. The molecule has 21 heavy (non-hydrogen) atoms. The van der Waals surface area contributed by atoms with E-state index >= 15 is 0 Å². The summed E-state index contributed by atoms with van der Waals surface area (Å²) in [5.74, 6) is 0.382. The van der Waals surface area contributed by atoms with Gasteiger partial charge in [-0.3, -0.25) is 0 Å². The third kappa shape index (κ3) is 4.09. The Kier molecular flexibility index (Phi) is 5.25. The van der Waals surface area contributed by atoms with Crippen molar-refractivity contribution in [1.82, 2.24) is 9.21 Å². The van der Waals surface area contributed by atoms with Gasteiger partial charge in [0.2, 0.25) is 10.0 Å². The summed E-state index contributed by atoms with van der Waals surface area (Å²) in [6.45, 7) is 4.46. The van der Waals surface area contributed by atoms with Crippen LogP contribution in [0.15, 0.2) is 23.1 Å². The van der Waals surface area contributed by atoms with E-state index < -0.39 is 10.0 Å². The van der Waals surface area contributed by atoms with Crippen LogP contribution in [-0.4, -0.2) is 58.0 Å². The topological polar surface area (TPSA) is 75.9 Å². The monoisotopic (exact) mass is 315 g/mol. The zero-order valence-corrected chi connectivity index (χ0v) is 14.4. The number of nitrogens with zero attached hydrogens (tertiary/aromatic N) is 2. The second-order valence-corrected chi connectivity index (χ2v) is 8.13. The van der Waals surface area contributed by atoms with E-state index in [-0.39, 0.29) is 10.4 Å². The Labute approximate surface area is 127 Å². The van der Waals surface area contributed by atoms with E-state index in [0.717, 1.165) is 4.31 Å². The van der Waals surface area contributed by atoms with Gasteiger partial charge in [-0.05, 0) is 40.1 Å². The zero-order valence-electron chi connectivity index (χ0n) is 13.5. The zero-order chi connectivity index (χ0) is 16.4. The van der Waals surface area contributed by atoms with Gasteiger partial charge in [0.15, 0.2) is 0 Å². The number of benzene rings is 1. The number of hydrogen-bond acceptors (Lipinski definition) is 5. The SMILES string of the molecule is CN(C)C(C)(C)COc1cc(S(=O)(=O)N(C)C)ccc1N. The van der Waals surface area contributed by atoms with Crippen LogP contribution in [0.2, 0.25) is 0 Å². The van der Waals surface area contributed by atoms with E-state index in [2.05, 4.69) is 0 Å². The first-order valence-corrected chi connectivity index (χ1v) is 8.05. The Balaban J connectivity index is 3.05. The van der Waals surface area contributed by atoms with Crippen molar-refractivity contribution in [3.05, 3.63) is 18.2 Å². The number of rotatable bonds is 6. The minimum Gasteiger partial charge on any atom is -0.489 e. The summed E-state index contributed by atoms with van der Waals surface area (Å²) in [5, 5.41) is 0. The van der Waals surface area contributed by atoms with Crippen LogP contribution < -0.4 is 10.5 Å². The molecule has 0 spiro atoms. The van der Waals surface area contributed by atoms with Crippen LogP contribution in [0, 0.1) is 0 Å². The third-order valence-corrected chi connectivity index (χ3v) is 5.37. The summed E-state index contributed by atoms with van der Waals surface area (Å²) < 4.78 is 31.1. The van der Waals surface area contributed by atoms with Crippen molar-refractivity contribution in [2.24, 2.45) is 0 Å². The van der Waals surface area contributed by atoms with Crippen LogP contribution in [0.5, 0.6) is 5.75 Å². The third-order valence-electron chi connectivity index (χ3n) is 3.56. The Morgan fingerprint density at radius 2 is 1.76 bits per heavy atom. The highest BCUT2D eigenvalue weighted by Crippen LogP contribution is 2.27. The number of hydrogen-bond donors (Lipinski definition) is 1. The second-order valence-electron chi connectivity index (χ2n) is 5.98. The molecule has 2 N–H and O–H groups in total. The summed E-state index contributed by atoms with van der Waals surface area (Å²) in [6, 6.07) is 4.50.